The Kier molecular flexibility index (Phi) is 7.26. The molecule has 2 N–H and O–H groups in total. The lowest BCUT2D eigenvalue weighted by atomic mass is 10.0. The lowest BCUT2D eigenvalue weighted by molar-refractivity contribution is 0.0739. The second kappa shape index (κ2) is 10.3. The first-order valence-electron chi connectivity index (χ1n) is 10.6. The van der Waals surface area contributed by atoms with Gasteiger partial charge in [0.25, 0.3) is 5.91 Å². The molecule has 174 valence electrons. The van der Waals surface area contributed by atoms with Gasteiger partial charge in [-0.3, -0.25) is 14.8 Å². The molecule has 3 aromatic heterocycles. The molecule has 0 saturated heterocycles. The van der Waals surface area contributed by atoms with Gasteiger partial charge in [-0.2, -0.15) is 0 Å². The number of pyridine rings is 1. The summed E-state index contributed by atoms with van der Waals surface area (Å²) in [6, 6.07) is 9.24. The number of nitrogens with zero attached hydrogens (tertiary/aromatic N) is 3. The number of aromatic nitrogens is 2. The van der Waals surface area contributed by atoms with Gasteiger partial charge < -0.3 is 14.8 Å². The second-order valence-electron chi connectivity index (χ2n) is 8.30. The summed E-state index contributed by atoms with van der Waals surface area (Å²) < 4.78 is 5.24. The first kappa shape index (κ1) is 23.9. The van der Waals surface area contributed by atoms with Gasteiger partial charge >= 0.3 is 0 Å². The fraction of sp³-hybridized carbons (Fsp3) is 0.200. The summed E-state index contributed by atoms with van der Waals surface area (Å²) in [5.41, 5.74) is 3.30. The maximum absolute atomic E-state index is 13.1. The minimum atomic E-state index is -0.784. The van der Waals surface area contributed by atoms with Gasteiger partial charge in [0.05, 0.1) is 18.1 Å². The van der Waals surface area contributed by atoms with E-state index in [9.17, 15) is 9.90 Å². The van der Waals surface area contributed by atoms with Gasteiger partial charge in [0.2, 0.25) is 0 Å². The van der Waals surface area contributed by atoms with Crippen LogP contribution in [-0.2, 0) is 0 Å². The monoisotopic (exact) mass is 492 g/mol. The molecular weight excluding hydrogens is 468 g/mol. The number of nitrogens with one attached hydrogen (secondary N) is 1. The summed E-state index contributed by atoms with van der Waals surface area (Å²) in [4.78, 5) is 26.8. The molecule has 4 rings (SSSR count). The lowest BCUT2D eigenvalue weighted by Gasteiger charge is -2.15. The third-order valence-electron chi connectivity index (χ3n) is 4.98. The minimum absolute atomic E-state index is 0.317. The van der Waals surface area contributed by atoms with Crippen LogP contribution < -0.4 is 5.32 Å². The smallest absolute Gasteiger partial charge is 0.275 e. The van der Waals surface area contributed by atoms with Crippen molar-refractivity contribution < 1.29 is 14.3 Å². The fourth-order valence-electron chi connectivity index (χ4n) is 3.16. The van der Waals surface area contributed by atoms with Crippen LogP contribution in [0, 0.1) is 0 Å². The van der Waals surface area contributed by atoms with Crippen molar-refractivity contribution in [3.8, 4) is 21.7 Å². The SMILES string of the molecule is CC(C)(O)CCN=Cc1cc(NC(=O)c2csc(-c3cccnc3)n2)c(-c2ccoc2)cc1S. The number of carbonyl (C=O) groups is 1. The molecule has 34 heavy (non-hydrogen) atoms. The van der Waals surface area contributed by atoms with Crippen molar-refractivity contribution >= 4 is 41.8 Å². The van der Waals surface area contributed by atoms with Gasteiger partial charge in [0.15, 0.2) is 0 Å². The quantitative estimate of drug-likeness (QED) is 0.220. The zero-order valence-corrected chi connectivity index (χ0v) is 20.4. The molecule has 0 atom stereocenters. The molecule has 9 heteroatoms. The van der Waals surface area contributed by atoms with E-state index >= 15 is 0 Å². The summed E-state index contributed by atoms with van der Waals surface area (Å²) in [5.74, 6) is -0.326. The summed E-state index contributed by atoms with van der Waals surface area (Å²) in [6.07, 6.45) is 8.83. The number of carbonyl (C=O) groups excluding carboxylic acids is 1. The molecule has 0 unspecified atom stereocenters. The summed E-state index contributed by atoms with van der Waals surface area (Å²) in [5, 5.41) is 15.3. The standard InChI is InChI=1S/C25H24N4O3S2/c1-25(2,31)6-8-27-13-18-10-20(19(11-22(18)33)17-5-9-32-14-17)28-23(30)21-15-34-24(29-21)16-4-3-7-26-12-16/h3-5,7,9-15,31,33H,6,8H2,1-2H3,(H,28,30). The number of thiol groups is 1. The van der Waals surface area contributed by atoms with Crippen LogP contribution in [0.5, 0.6) is 0 Å². The van der Waals surface area contributed by atoms with Crippen LogP contribution in [0.1, 0.15) is 36.3 Å². The maximum atomic E-state index is 13.1. The topological polar surface area (TPSA) is 101 Å². The number of aliphatic imine (C=N–C) groups is 1. The molecule has 0 radical (unpaired) electrons. The molecule has 4 aromatic rings. The largest absolute Gasteiger partial charge is 0.472 e. The Labute approximate surface area is 207 Å². The van der Waals surface area contributed by atoms with Gasteiger partial charge in [-0.25, -0.2) is 4.98 Å². The molecule has 0 aliphatic heterocycles. The Morgan fingerprint density at radius 1 is 1.32 bits per heavy atom. The van der Waals surface area contributed by atoms with Gasteiger partial charge in [-0.15, -0.1) is 24.0 Å². The number of benzene rings is 1. The molecule has 0 bridgehead atoms. The Balaban J connectivity index is 1.61. The molecule has 7 nitrogen and oxygen atoms in total. The number of amides is 1. The van der Waals surface area contributed by atoms with Crippen molar-refractivity contribution in [2.24, 2.45) is 4.99 Å². The predicted molar refractivity (Wildman–Crippen MR) is 138 cm³/mol. The highest BCUT2D eigenvalue weighted by Crippen LogP contribution is 2.33. The Morgan fingerprint density at radius 2 is 2.18 bits per heavy atom. The van der Waals surface area contributed by atoms with E-state index in [4.69, 9.17) is 4.42 Å². The summed E-state index contributed by atoms with van der Waals surface area (Å²) in [7, 11) is 0. The minimum Gasteiger partial charge on any atom is -0.472 e. The maximum Gasteiger partial charge on any atom is 0.275 e. The number of hydrogen-bond acceptors (Lipinski definition) is 8. The van der Waals surface area contributed by atoms with Crippen LogP contribution in [0.4, 0.5) is 5.69 Å². The number of thiazole rings is 1. The zero-order valence-electron chi connectivity index (χ0n) is 18.7. The third-order valence-corrected chi connectivity index (χ3v) is 6.25. The lowest BCUT2D eigenvalue weighted by Crippen LogP contribution is -2.19. The number of rotatable bonds is 8. The Morgan fingerprint density at radius 3 is 2.88 bits per heavy atom. The number of hydrogen-bond donors (Lipinski definition) is 3. The third kappa shape index (κ3) is 5.99. The zero-order chi connectivity index (χ0) is 24.1. The van der Waals surface area contributed by atoms with E-state index in [1.807, 2.05) is 30.3 Å². The Hall–Kier alpha value is -3.27. The predicted octanol–water partition coefficient (Wildman–Crippen LogP) is 5.59. The van der Waals surface area contributed by atoms with Crippen LogP contribution in [0.3, 0.4) is 0 Å². The molecule has 0 aliphatic carbocycles. The molecule has 0 spiro atoms. The molecule has 1 aromatic carbocycles. The van der Waals surface area contributed by atoms with E-state index in [1.165, 1.54) is 11.3 Å². The number of aliphatic hydroxyl groups is 1. The van der Waals surface area contributed by atoms with Crippen molar-refractivity contribution in [3.05, 3.63) is 71.9 Å². The molecule has 0 fully saturated rings. The van der Waals surface area contributed by atoms with E-state index in [-0.39, 0.29) is 5.91 Å². The van der Waals surface area contributed by atoms with Crippen molar-refractivity contribution in [1.29, 1.82) is 0 Å². The Bertz CT molecular complexity index is 1290. The van der Waals surface area contributed by atoms with E-state index in [2.05, 4.69) is 32.9 Å². The molecular formula is C25H24N4O3S2. The molecule has 1 amide bonds. The second-order valence-corrected chi connectivity index (χ2v) is 9.64. The average Bonchev–Trinajstić information content (AvgIpc) is 3.51. The average molecular weight is 493 g/mol. The van der Waals surface area contributed by atoms with Crippen LogP contribution in [0.25, 0.3) is 21.7 Å². The fourth-order valence-corrected chi connectivity index (χ4v) is 4.20. The van der Waals surface area contributed by atoms with Gasteiger partial charge in [-0.1, -0.05) is 0 Å². The number of furan rings is 1. The van der Waals surface area contributed by atoms with E-state index in [1.54, 1.807) is 50.4 Å². The molecule has 3 heterocycles. The molecule has 0 aliphatic rings. The van der Waals surface area contributed by atoms with Crippen molar-refractivity contribution in [2.75, 3.05) is 11.9 Å². The van der Waals surface area contributed by atoms with Crippen LogP contribution in [0.15, 0.2) is 74.9 Å². The molecule has 0 saturated carbocycles. The summed E-state index contributed by atoms with van der Waals surface area (Å²) >= 11 is 5.99. The van der Waals surface area contributed by atoms with E-state index in [0.717, 1.165) is 27.3 Å². The normalized spacial score (nSPS) is 11.8. The first-order chi connectivity index (χ1) is 16.3. The highest BCUT2D eigenvalue weighted by Gasteiger charge is 2.17. The van der Waals surface area contributed by atoms with E-state index < -0.39 is 5.60 Å². The van der Waals surface area contributed by atoms with Crippen LogP contribution >= 0.6 is 24.0 Å². The van der Waals surface area contributed by atoms with Gasteiger partial charge in [-0.05, 0) is 50.6 Å². The van der Waals surface area contributed by atoms with E-state index in [0.29, 0.717) is 29.2 Å². The first-order valence-corrected chi connectivity index (χ1v) is 11.9. The highest BCUT2D eigenvalue weighted by molar-refractivity contribution is 7.80. The van der Waals surface area contributed by atoms with Crippen LogP contribution in [-0.4, -0.2) is 39.3 Å². The summed E-state index contributed by atoms with van der Waals surface area (Å²) in [6.45, 7) is 3.97. The van der Waals surface area contributed by atoms with Crippen molar-refractivity contribution in [3.63, 3.8) is 0 Å². The van der Waals surface area contributed by atoms with Crippen molar-refractivity contribution in [2.45, 2.75) is 30.8 Å². The van der Waals surface area contributed by atoms with Crippen LogP contribution in [0.2, 0.25) is 0 Å². The van der Waals surface area contributed by atoms with Gasteiger partial charge in [0, 0.05) is 63.4 Å². The van der Waals surface area contributed by atoms with Gasteiger partial charge in [0.1, 0.15) is 10.7 Å². The highest BCUT2D eigenvalue weighted by atomic mass is 32.1. The van der Waals surface area contributed by atoms with Crippen molar-refractivity contribution in [1.82, 2.24) is 9.97 Å². The number of anilines is 1.